The second-order valence-corrected chi connectivity index (χ2v) is 5.08. The lowest BCUT2D eigenvalue weighted by atomic mass is 9.87. The predicted molar refractivity (Wildman–Crippen MR) is 66.8 cm³/mol. The van der Waals surface area contributed by atoms with E-state index in [9.17, 15) is 0 Å². The number of ether oxygens (including phenoxy) is 3. The molecule has 0 unspecified atom stereocenters. The predicted octanol–water partition coefficient (Wildman–Crippen LogP) is 2.90. The van der Waals surface area contributed by atoms with Gasteiger partial charge in [0.1, 0.15) is 6.10 Å². The quantitative estimate of drug-likeness (QED) is 0.759. The van der Waals surface area contributed by atoms with Crippen molar-refractivity contribution in [3.05, 3.63) is 11.8 Å². The third-order valence-electron chi connectivity index (χ3n) is 3.97. The standard InChI is InChI=1S/C14H24O3/c1-15-10-12-11-7-5-3-4-6-8-13(16-2)14(12)17-9-11/h9,12-14H,3-8,10H2,1-2H3/t12-,13-,14-/m0/s1. The second kappa shape index (κ2) is 6.41. The number of fused-ring (bicyclic) bond motifs is 2. The van der Waals surface area contributed by atoms with Crippen LogP contribution >= 0.6 is 0 Å². The van der Waals surface area contributed by atoms with Crippen molar-refractivity contribution in [2.75, 3.05) is 20.8 Å². The smallest absolute Gasteiger partial charge is 0.133 e. The highest BCUT2D eigenvalue weighted by atomic mass is 16.5. The summed E-state index contributed by atoms with van der Waals surface area (Å²) in [6.07, 6.45) is 9.74. The molecule has 2 bridgehead atoms. The highest BCUT2D eigenvalue weighted by Crippen LogP contribution is 2.35. The number of rotatable bonds is 3. The molecule has 0 N–H and O–H groups in total. The van der Waals surface area contributed by atoms with Gasteiger partial charge in [-0.3, -0.25) is 0 Å². The summed E-state index contributed by atoms with van der Waals surface area (Å²) >= 11 is 0. The van der Waals surface area contributed by atoms with Gasteiger partial charge >= 0.3 is 0 Å². The van der Waals surface area contributed by atoms with Crippen molar-refractivity contribution in [2.24, 2.45) is 5.92 Å². The van der Waals surface area contributed by atoms with Gasteiger partial charge in [0.25, 0.3) is 0 Å². The van der Waals surface area contributed by atoms with Gasteiger partial charge in [0.2, 0.25) is 0 Å². The van der Waals surface area contributed by atoms with Crippen molar-refractivity contribution in [3.63, 3.8) is 0 Å². The molecule has 0 spiro atoms. The Morgan fingerprint density at radius 2 is 2.06 bits per heavy atom. The Kier molecular flexibility index (Phi) is 4.86. The van der Waals surface area contributed by atoms with Crippen LogP contribution in [0.1, 0.15) is 38.5 Å². The maximum absolute atomic E-state index is 5.85. The fraction of sp³-hybridized carbons (Fsp3) is 0.857. The highest BCUT2D eigenvalue weighted by molar-refractivity contribution is 5.13. The molecule has 0 saturated heterocycles. The molecule has 17 heavy (non-hydrogen) atoms. The molecule has 3 nitrogen and oxygen atoms in total. The van der Waals surface area contributed by atoms with Crippen LogP contribution in [0.3, 0.4) is 0 Å². The Hall–Kier alpha value is -0.540. The van der Waals surface area contributed by atoms with Crippen LogP contribution in [0, 0.1) is 5.92 Å². The van der Waals surface area contributed by atoms with Crippen LogP contribution in [-0.4, -0.2) is 33.0 Å². The Balaban J connectivity index is 2.08. The van der Waals surface area contributed by atoms with Gasteiger partial charge in [-0.1, -0.05) is 19.3 Å². The summed E-state index contributed by atoms with van der Waals surface area (Å²) in [5, 5.41) is 0. The first-order chi connectivity index (χ1) is 8.36. The van der Waals surface area contributed by atoms with Crippen LogP contribution in [0.5, 0.6) is 0 Å². The van der Waals surface area contributed by atoms with E-state index < -0.39 is 0 Å². The summed E-state index contributed by atoms with van der Waals surface area (Å²) in [7, 11) is 3.56. The minimum absolute atomic E-state index is 0.160. The fourth-order valence-corrected chi connectivity index (χ4v) is 2.98. The lowest BCUT2D eigenvalue weighted by Crippen LogP contribution is -2.36. The largest absolute Gasteiger partial charge is 0.495 e. The minimum atomic E-state index is 0.160. The van der Waals surface area contributed by atoms with Crippen LogP contribution in [0.25, 0.3) is 0 Å². The fourth-order valence-electron chi connectivity index (χ4n) is 2.98. The molecule has 3 heteroatoms. The van der Waals surface area contributed by atoms with E-state index in [1.165, 1.54) is 31.3 Å². The van der Waals surface area contributed by atoms with E-state index in [1.54, 1.807) is 14.2 Å². The van der Waals surface area contributed by atoms with E-state index in [-0.39, 0.29) is 12.2 Å². The Morgan fingerprint density at radius 1 is 1.24 bits per heavy atom. The van der Waals surface area contributed by atoms with Crippen LogP contribution in [0.15, 0.2) is 11.8 Å². The molecular formula is C14H24O3. The minimum Gasteiger partial charge on any atom is -0.495 e. The number of hydrogen-bond acceptors (Lipinski definition) is 3. The summed E-state index contributed by atoms with van der Waals surface area (Å²) < 4.78 is 16.8. The third kappa shape index (κ3) is 3.02. The molecule has 2 aliphatic rings. The average molecular weight is 240 g/mol. The van der Waals surface area contributed by atoms with Crippen molar-refractivity contribution >= 4 is 0 Å². The van der Waals surface area contributed by atoms with Crippen molar-refractivity contribution < 1.29 is 14.2 Å². The SMILES string of the molecule is COC[C@H]1C2=CO[C@@H]1[C@@H](OC)CCCCCC2. The van der Waals surface area contributed by atoms with Crippen LogP contribution in [0.2, 0.25) is 0 Å². The van der Waals surface area contributed by atoms with Crippen molar-refractivity contribution in [2.45, 2.75) is 50.7 Å². The first-order valence-corrected chi connectivity index (χ1v) is 6.73. The molecule has 0 aromatic carbocycles. The third-order valence-corrected chi connectivity index (χ3v) is 3.97. The van der Waals surface area contributed by atoms with E-state index in [2.05, 4.69) is 0 Å². The molecule has 1 aliphatic carbocycles. The first kappa shape index (κ1) is 12.9. The van der Waals surface area contributed by atoms with E-state index in [0.717, 1.165) is 19.4 Å². The number of hydrogen-bond donors (Lipinski definition) is 0. The van der Waals surface area contributed by atoms with E-state index in [1.807, 2.05) is 6.26 Å². The summed E-state index contributed by atoms with van der Waals surface area (Å²) in [6, 6.07) is 0. The van der Waals surface area contributed by atoms with E-state index in [0.29, 0.717) is 5.92 Å². The van der Waals surface area contributed by atoms with Gasteiger partial charge in [-0.25, -0.2) is 0 Å². The number of methoxy groups -OCH3 is 2. The topological polar surface area (TPSA) is 27.7 Å². The van der Waals surface area contributed by atoms with Crippen LogP contribution in [-0.2, 0) is 14.2 Å². The van der Waals surface area contributed by atoms with Gasteiger partial charge < -0.3 is 14.2 Å². The Labute approximate surface area is 104 Å². The van der Waals surface area contributed by atoms with Crippen LogP contribution < -0.4 is 0 Å². The normalized spacial score (nSPS) is 34.0. The van der Waals surface area contributed by atoms with E-state index >= 15 is 0 Å². The summed E-state index contributed by atoms with van der Waals surface area (Å²) in [5.74, 6) is 0.392. The molecule has 2 rings (SSSR count). The molecule has 98 valence electrons. The van der Waals surface area contributed by atoms with E-state index in [4.69, 9.17) is 14.2 Å². The molecule has 1 saturated carbocycles. The zero-order valence-corrected chi connectivity index (χ0v) is 11.0. The Bertz CT molecular complexity index is 262. The monoisotopic (exact) mass is 240 g/mol. The first-order valence-electron chi connectivity index (χ1n) is 6.73. The summed E-state index contributed by atoms with van der Waals surface area (Å²) in [5.41, 5.74) is 1.42. The van der Waals surface area contributed by atoms with Crippen molar-refractivity contribution in [1.82, 2.24) is 0 Å². The molecular weight excluding hydrogens is 216 g/mol. The molecule has 0 aromatic rings. The van der Waals surface area contributed by atoms with Gasteiger partial charge in [0, 0.05) is 20.1 Å². The molecule has 1 heterocycles. The second-order valence-electron chi connectivity index (χ2n) is 5.08. The Morgan fingerprint density at radius 3 is 2.82 bits per heavy atom. The van der Waals surface area contributed by atoms with Gasteiger partial charge in [0.15, 0.2) is 0 Å². The van der Waals surface area contributed by atoms with Gasteiger partial charge in [-0.05, 0) is 24.8 Å². The van der Waals surface area contributed by atoms with Crippen molar-refractivity contribution in [3.8, 4) is 0 Å². The lowest BCUT2D eigenvalue weighted by Gasteiger charge is -2.28. The average Bonchev–Trinajstić information content (AvgIpc) is 2.71. The molecule has 1 fully saturated rings. The van der Waals surface area contributed by atoms with Crippen molar-refractivity contribution in [1.29, 1.82) is 0 Å². The summed E-state index contributed by atoms with van der Waals surface area (Å²) in [6.45, 7) is 0.746. The summed E-state index contributed by atoms with van der Waals surface area (Å²) in [4.78, 5) is 0. The molecule has 0 radical (unpaired) electrons. The van der Waals surface area contributed by atoms with Gasteiger partial charge in [-0.15, -0.1) is 0 Å². The molecule has 1 aliphatic heterocycles. The lowest BCUT2D eigenvalue weighted by molar-refractivity contribution is -0.0444. The molecule has 0 amide bonds. The zero-order chi connectivity index (χ0) is 12.1. The maximum Gasteiger partial charge on any atom is 0.133 e. The zero-order valence-electron chi connectivity index (χ0n) is 11.0. The van der Waals surface area contributed by atoms with Crippen LogP contribution in [0.4, 0.5) is 0 Å². The maximum atomic E-state index is 5.85. The van der Waals surface area contributed by atoms with Gasteiger partial charge in [-0.2, -0.15) is 0 Å². The molecule has 3 atom stereocenters. The highest BCUT2D eigenvalue weighted by Gasteiger charge is 2.37. The molecule has 0 aromatic heterocycles. The van der Waals surface area contributed by atoms with Gasteiger partial charge in [0.05, 0.1) is 19.0 Å².